The van der Waals surface area contributed by atoms with E-state index in [1.807, 2.05) is 24.3 Å². The molecule has 4 aliphatic rings. The van der Waals surface area contributed by atoms with Gasteiger partial charge in [-0.1, -0.05) is 26.0 Å². The summed E-state index contributed by atoms with van der Waals surface area (Å²) in [6.07, 6.45) is 6.99. The second-order valence-corrected chi connectivity index (χ2v) is 9.94. The van der Waals surface area contributed by atoms with E-state index in [0.29, 0.717) is 0 Å². The van der Waals surface area contributed by atoms with Crippen LogP contribution in [0.1, 0.15) is 64.0 Å². The van der Waals surface area contributed by atoms with Crippen molar-refractivity contribution in [1.29, 1.82) is 0 Å². The molecule has 2 amide bonds. The quantitative estimate of drug-likeness (QED) is 0.733. The van der Waals surface area contributed by atoms with Gasteiger partial charge in [0.05, 0.1) is 19.7 Å². The molecular weight excluding hydrogens is 364 g/mol. The van der Waals surface area contributed by atoms with Gasteiger partial charge in [0, 0.05) is 5.41 Å². The lowest BCUT2D eigenvalue weighted by Crippen LogP contribution is -2.54. The van der Waals surface area contributed by atoms with Crippen molar-refractivity contribution in [1.82, 2.24) is 10.6 Å². The van der Waals surface area contributed by atoms with Crippen LogP contribution in [0.25, 0.3) is 0 Å². The number of benzene rings is 1. The smallest absolute Gasteiger partial charge is 0.239 e. The number of hydrogen-bond donors (Lipinski definition) is 2. The monoisotopic (exact) mass is 398 g/mol. The molecular formula is C24H34N2O3. The molecule has 0 radical (unpaired) electrons. The molecule has 0 heterocycles. The number of carbonyl (C=O) groups is 2. The van der Waals surface area contributed by atoms with Crippen molar-refractivity contribution < 1.29 is 14.3 Å². The lowest BCUT2D eigenvalue weighted by atomic mass is 9.49. The van der Waals surface area contributed by atoms with Gasteiger partial charge in [-0.2, -0.15) is 0 Å². The third-order valence-corrected chi connectivity index (χ3v) is 7.39. The van der Waals surface area contributed by atoms with Crippen LogP contribution in [0.4, 0.5) is 0 Å². The van der Waals surface area contributed by atoms with E-state index < -0.39 is 0 Å². The number of rotatable bonds is 7. The number of methoxy groups -OCH3 is 1. The first-order valence-corrected chi connectivity index (χ1v) is 11.1. The van der Waals surface area contributed by atoms with Gasteiger partial charge in [-0.3, -0.25) is 9.59 Å². The van der Waals surface area contributed by atoms with Gasteiger partial charge in [-0.05, 0) is 79.9 Å². The van der Waals surface area contributed by atoms with Gasteiger partial charge in [0.1, 0.15) is 5.75 Å². The molecule has 5 rings (SSSR count). The van der Waals surface area contributed by atoms with E-state index in [9.17, 15) is 9.59 Å². The summed E-state index contributed by atoms with van der Waals surface area (Å²) < 4.78 is 5.22. The predicted octanol–water partition coefficient (Wildman–Crippen LogP) is 3.84. The summed E-state index contributed by atoms with van der Waals surface area (Å²) in [5.74, 6) is 3.19. The Morgan fingerprint density at radius 2 is 1.59 bits per heavy atom. The Balaban J connectivity index is 1.34. The third kappa shape index (κ3) is 4.15. The molecule has 29 heavy (non-hydrogen) atoms. The standard InChI is InChI=1S/C24H34N2O3/c1-15(2)22(19-4-6-20(29-3)7-5-19)26-21(27)14-25-23(28)24-11-16-8-17(12-24)10-18(9-16)13-24/h4-7,15-18,22H,8-14H2,1-3H3,(H,25,28)(H,26,27). The van der Waals surface area contributed by atoms with Crippen molar-refractivity contribution in [2.45, 2.75) is 58.4 Å². The second kappa shape index (κ2) is 8.00. The number of amides is 2. The number of nitrogens with one attached hydrogen (secondary N) is 2. The number of ether oxygens (including phenoxy) is 1. The van der Waals surface area contributed by atoms with Crippen molar-refractivity contribution in [2.75, 3.05) is 13.7 Å². The highest BCUT2D eigenvalue weighted by molar-refractivity contribution is 5.88. The fourth-order valence-corrected chi connectivity index (χ4v) is 6.41. The van der Waals surface area contributed by atoms with Crippen LogP contribution in [0.5, 0.6) is 5.75 Å². The van der Waals surface area contributed by atoms with Crippen LogP contribution in [-0.4, -0.2) is 25.5 Å². The van der Waals surface area contributed by atoms with Gasteiger partial charge in [0.25, 0.3) is 0 Å². The predicted molar refractivity (Wildman–Crippen MR) is 112 cm³/mol. The molecule has 1 unspecified atom stereocenters. The zero-order valence-corrected chi connectivity index (χ0v) is 17.9. The lowest BCUT2D eigenvalue weighted by molar-refractivity contribution is -0.147. The largest absolute Gasteiger partial charge is 0.497 e. The molecule has 5 nitrogen and oxygen atoms in total. The molecule has 1 aromatic rings. The van der Waals surface area contributed by atoms with Gasteiger partial charge in [-0.25, -0.2) is 0 Å². The third-order valence-electron chi connectivity index (χ3n) is 7.39. The molecule has 4 bridgehead atoms. The van der Waals surface area contributed by atoms with E-state index in [0.717, 1.165) is 48.3 Å². The Morgan fingerprint density at radius 3 is 2.07 bits per heavy atom. The van der Waals surface area contributed by atoms with E-state index in [1.165, 1.54) is 19.3 Å². The summed E-state index contributed by atoms with van der Waals surface area (Å²) in [7, 11) is 1.64. The molecule has 0 aliphatic heterocycles. The highest BCUT2D eigenvalue weighted by Gasteiger charge is 2.54. The minimum absolute atomic E-state index is 0.0555. The van der Waals surface area contributed by atoms with Crippen LogP contribution in [0.15, 0.2) is 24.3 Å². The minimum atomic E-state index is -0.206. The van der Waals surface area contributed by atoms with Crippen LogP contribution in [-0.2, 0) is 9.59 Å². The Morgan fingerprint density at radius 1 is 1.03 bits per heavy atom. The molecule has 5 heteroatoms. The average molecular weight is 399 g/mol. The summed E-state index contributed by atoms with van der Waals surface area (Å²) in [6.45, 7) is 4.23. The maximum atomic E-state index is 13.1. The summed E-state index contributed by atoms with van der Waals surface area (Å²) in [5.41, 5.74) is 0.837. The molecule has 0 spiro atoms. The van der Waals surface area contributed by atoms with Crippen molar-refractivity contribution in [3.63, 3.8) is 0 Å². The molecule has 4 fully saturated rings. The van der Waals surface area contributed by atoms with Gasteiger partial charge in [0.2, 0.25) is 11.8 Å². The molecule has 158 valence electrons. The van der Waals surface area contributed by atoms with Crippen LogP contribution in [0.3, 0.4) is 0 Å². The normalized spacial score (nSPS) is 30.8. The first-order chi connectivity index (χ1) is 13.9. The lowest BCUT2D eigenvalue weighted by Gasteiger charge is -2.55. The average Bonchev–Trinajstić information content (AvgIpc) is 2.69. The molecule has 1 atom stereocenters. The van der Waals surface area contributed by atoms with Crippen LogP contribution < -0.4 is 15.4 Å². The Bertz CT molecular complexity index is 721. The van der Waals surface area contributed by atoms with Gasteiger partial charge in [0.15, 0.2) is 0 Å². The van der Waals surface area contributed by atoms with Gasteiger partial charge < -0.3 is 15.4 Å². The van der Waals surface area contributed by atoms with Crippen molar-refractivity contribution in [2.24, 2.45) is 29.1 Å². The molecule has 0 aromatic heterocycles. The fourth-order valence-electron chi connectivity index (χ4n) is 6.41. The van der Waals surface area contributed by atoms with E-state index >= 15 is 0 Å². The van der Waals surface area contributed by atoms with Crippen LogP contribution >= 0.6 is 0 Å². The van der Waals surface area contributed by atoms with Crippen molar-refractivity contribution >= 4 is 11.8 Å². The summed E-state index contributed by atoms with van der Waals surface area (Å²) in [5, 5.41) is 6.09. The van der Waals surface area contributed by atoms with Crippen LogP contribution in [0.2, 0.25) is 0 Å². The van der Waals surface area contributed by atoms with Crippen molar-refractivity contribution in [3.05, 3.63) is 29.8 Å². The highest BCUT2D eigenvalue weighted by Crippen LogP contribution is 2.60. The maximum Gasteiger partial charge on any atom is 0.239 e. The summed E-state index contributed by atoms with van der Waals surface area (Å²) in [6, 6.07) is 7.69. The molecule has 4 saturated carbocycles. The van der Waals surface area contributed by atoms with E-state index in [4.69, 9.17) is 4.74 Å². The SMILES string of the molecule is COc1ccc(C(NC(=O)CNC(=O)C23CC4CC(CC(C4)C2)C3)C(C)C)cc1. The Kier molecular flexibility index (Phi) is 5.58. The van der Waals surface area contributed by atoms with E-state index in [2.05, 4.69) is 24.5 Å². The minimum Gasteiger partial charge on any atom is -0.497 e. The first kappa shape index (κ1) is 20.2. The maximum absolute atomic E-state index is 13.1. The Hall–Kier alpha value is -2.04. The zero-order valence-electron chi connectivity index (χ0n) is 17.9. The zero-order chi connectivity index (χ0) is 20.6. The molecule has 1 aromatic carbocycles. The molecule has 2 N–H and O–H groups in total. The summed E-state index contributed by atoms with van der Waals surface area (Å²) in [4.78, 5) is 25.7. The number of hydrogen-bond acceptors (Lipinski definition) is 3. The van der Waals surface area contributed by atoms with Crippen molar-refractivity contribution in [3.8, 4) is 5.75 Å². The van der Waals surface area contributed by atoms with E-state index in [-0.39, 0.29) is 35.7 Å². The number of carbonyl (C=O) groups excluding carboxylic acids is 2. The van der Waals surface area contributed by atoms with Gasteiger partial charge >= 0.3 is 0 Å². The van der Waals surface area contributed by atoms with E-state index in [1.54, 1.807) is 7.11 Å². The second-order valence-electron chi connectivity index (χ2n) is 9.94. The molecule has 0 saturated heterocycles. The topological polar surface area (TPSA) is 67.4 Å². The molecule has 4 aliphatic carbocycles. The first-order valence-electron chi connectivity index (χ1n) is 11.1. The Labute approximate surface area is 174 Å². The summed E-state index contributed by atoms with van der Waals surface area (Å²) >= 11 is 0. The van der Waals surface area contributed by atoms with Gasteiger partial charge in [-0.15, -0.1) is 0 Å². The highest BCUT2D eigenvalue weighted by atomic mass is 16.5. The van der Waals surface area contributed by atoms with Crippen LogP contribution in [0, 0.1) is 29.1 Å². The fraction of sp³-hybridized carbons (Fsp3) is 0.667.